The van der Waals surface area contributed by atoms with Gasteiger partial charge in [0.15, 0.2) is 0 Å². The Morgan fingerprint density at radius 2 is 2.06 bits per heavy atom. The highest BCUT2D eigenvalue weighted by Crippen LogP contribution is 2.22. The second kappa shape index (κ2) is 6.26. The molecule has 0 bridgehead atoms. The average molecular weight is 241 g/mol. The molecule has 2 aromatic heterocycles. The van der Waals surface area contributed by atoms with Gasteiger partial charge in [0.25, 0.3) is 0 Å². The van der Waals surface area contributed by atoms with Crippen LogP contribution < -0.4 is 5.32 Å². The minimum Gasteiger partial charge on any atom is -0.306 e. The summed E-state index contributed by atoms with van der Waals surface area (Å²) in [7, 11) is 0. The van der Waals surface area contributed by atoms with Crippen molar-refractivity contribution in [3.8, 4) is 0 Å². The third-order valence-electron chi connectivity index (χ3n) is 2.98. The first-order valence-corrected chi connectivity index (χ1v) is 6.37. The average Bonchev–Trinajstić information content (AvgIpc) is 2.42. The maximum Gasteiger partial charge on any atom is 0.0609 e. The van der Waals surface area contributed by atoms with E-state index in [1.54, 1.807) is 6.20 Å². The zero-order chi connectivity index (χ0) is 12.8. The van der Waals surface area contributed by atoms with Gasteiger partial charge in [-0.15, -0.1) is 0 Å². The number of nitrogens with zero attached hydrogens (tertiary/aromatic N) is 2. The van der Waals surface area contributed by atoms with Gasteiger partial charge in [0.1, 0.15) is 0 Å². The summed E-state index contributed by atoms with van der Waals surface area (Å²) in [4.78, 5) is 8.58. The Balaban J connectivity index is 2.34. The number of hydrogen-bond acceptors (Lipinski definition) is 3. The Hall–Kier alpha value is -1.74. The van der Waals surface area contributed by atoms with Crippen LogP contribution in [0.15, 0.2) is 42.9 Å². The summed E-state index contributed by atoms with van der Waals surface area (Å²) in [5.41, 5.74) is 3.47. The van der Waals surface area contributed by atoms with Gasteiger partial charge in [-0.25, -0.2) is 0 Å². The lowest BCUT2D eigenvalue weighted by Crippen LogP contribution is -2.24. The van der Waals surface area contributed by atoms with Crippen molar-refractivity contribution in [1.82, 2.24) is 15.3 Å². The van der Waals surface area contributed by atoms with E-state index in [-0.39, 0.29) is 6.04 Å². The first kappa shape index (κ1) is 12.7. The molecule has 0 amide bonds. The van der Waals surface area contributed by atoms with Crippen LogP contribution in [0.2, 0.25) is 0 Å². The van der Waals surface area contributed by atoms with Crippen molar-refractivity contribution in [3.63, 3.8) is 0 Å². The van der Waals surface area contributed by atoms with Crippen molar-refractivity contribution < 1.29 is 0 Å². The van der Waals surface area contributed by atoms with Crippen LogP contribution in [0.4, 0.5) is 0 Å². The van der Waals surface area contributed by atoms with Crippen LogP contribution in [0.5, 0.6) is 0 Å². The second-order valence-corrected chi connectivity index (χ2v) is 4.35. The van der Waals surface area contributed by atoms with Crippen LogP contribution in [0, 0.1) is 6.92 Å². The summed E-state index contributed by atoms with van der Waals surface area (Å²) < 4.78 is 0. The topological polar surface area (TPSA) is 37.8 Å². The molecule has 1 atom stereocenters. The fourth-order valence-electron chi connectivity index (χ4n) is 2.04. The molecule has 18 heavy (non-hydrogen) atoms. The Morgan fingerprint density at radius 1 is 1.22 bits per heavy atom. The van der Waals surface area contributed by atoms with Gasteiger partial charge in [-0.05, 0) is 43.1 Å². The molecule has 0 aliphatic carbocycles. The molecule has 0 saturated heterocycles. The molecule has 1 unspecified atom stereocenters. The number of aromatic nitrogens is 2. The Bertz CT molecular complexity index is 482. The third kappa shape index (κ3) is 2.93. The van der Waals surface area contributed by atoms with Crippen LogP contribution >= 0.6 is 0 Å². The molecule has 0 fully saturated rings. The maximum absolute atomic E-state index is 4.37. The SMILES string of the molecule is CCCNC(c1cccnc1)c1cccnc1C. The fraction of sp³-hybridized carbons (Fsp3) is 0.333. The zero-order valence-electron chi connectivity index (χ0n) is 10.9. The van der Waals surface area contributed by atoms with Crippen molar-refractivity contribution in [3.05, 3.63) is 59.7 Å². The van der Waals surface area contributed by atoms with Gasteiger partial charge in [-0.1, -0.05) is 19.1 Å². The first-order valence-electron chi connectivity index (χ1n) is 6.37. The van der Waals surface area contributed by atoms with E-state index < -0.39 is 0 Å². The van der Waals surface area contributed by atoms with Gasteiger partial charge in [-0.2, -0.15) is 0 Å². The molecule has 0 saturated carbocycles. The van der Waals surface area contributed by atoms with E-state index in [4.69, 9.17) is 0 Å². The minimum absolute atomic E-state index is 0.173. The molecule has 94 valence electrons. The normalized spacial score (nSPS) is 12.3. The number of nitrogens with one attached hydrogen (secondary N) is 1. The molecule has 0 spiro atoms. The predicted octanol–water partition coefficient (Wildman–Crippen LogP) is 2.87. The van der Waals surface area contributed by atoms with Gasteiger partial charge in [-0.3, -0.25) is 9.97 Å². The largest absolute Gasteiger partial charge is 0.306 e. The summed E-state index contributed by atoms with van der Waals surface area (Å²) >= 11 is 0. The third-order valence-corrected chi connectivity index (χ3v) is 2.98. The van der Waals surface area contributed by atoms with Crippen LogP contribution in [0.3, 0.4) is 0 Å². The molecule has 0 aliphatic heterocycles. The zero-order valence-corrected chi connectivity index (χ0v) is 10.9. The van der Waals surface area contributed by atoms with Crippen LogP contribution in [0.25, 0.3) is 0 Å². The van der Waals surface area contributed by atoms with Gasteiger partial charge in [0.05, 0.1) is 6.04 Å². The second-order valence-electron chi connectivity index (χ2n) is 4.35. The number of hydrogen-bond donors (Lipinski definition) is 1. The van der Waals surface area contributed by atoms with Crippen molar-refractivity contribution >= 4 is 0 Å². The lowest BCUT2D eigenvalue weighted by molar-refractivity contribution is 0.592. The molecule has 1 N–H and O–H groups in total. The van der Waals surface area contributed by atoms with E-state index in [0.29, 0.717) is 0 Å². The molecule has 2 aromatic rings. The van der Waals surface area contributed by atoms with Gasteiger partial charge in [0, 0.05) is 24.3 Å². The summed E-state index contributed by atoms with van der Waals surface area (Å²) in [5.74, 6) is 0. The van der Waals surface area contributed by atoms with Crippen LogP contribution in [-0.4, -0.2) is 16.5 Å². The molecule has 2 rings (SSSR count). The summed E-state index contributed by atoms with van der Waals surface area (Å²) in [5, 5.41) is 3.56. The maximum atomic E-state index is 4.37. The Morgan fingerprint density at radius 3 is 2.72 bits per heavy atom. The Labute approximate surface area is 108 Å². The highest BCUT2D eigenvalue weighted by Gasteiger charge is 2.15. The molecular formula is C15H19N3. The highest BCUT2D eigenvalue weighted by atomic mass is 14.9. The van der Waals surface area contributed by atoms with Crippen molar-refractivity contribution in [2.75, 3.05) is 6.54 Å². The lowest BCUT2D eigenvalue weighted by Gasteiger charge is -2.20. The molecule has 0 radical (unpaired) electrons. The number of pyridine rings is 2. The molecule has 3 nitrogen and oxygen atoms in total. The van der Waals surface area contributed by atoms with Gasteiger partial charge in [0.2, 0.25) is 0 Å². The van der Waals surface area contributed by atoms with Crippen molar-refractivity contribution in [2.45, 2.75) is 26.3 Å². The van der Waals surface area contributed by atoms with E-state index in [1.807, 2.05) is 31.5 Å². The van der Waals surface area contributed by atoms with E-state index in [1.165, 1.54) is 11.1 Å². The monoisotopic (exact) mass is 241 g/mol. The van der Waals surface area contributed by atoms with E-state index in [9.17, 15) is 0 Å². The highest BCUT2D eigenvalue weighted by molar-refractivity contribution is 5.32. The van der Waals surface area contributed by atoms with Crippen molar-refractivity contribution in [2.24, 2.45) is 0 Å². The smallest absolute Gasteiger partial charge is 0.0609 e. The molecule has 0 aliphatic rings. The molecule has 0 aromatic carbocycles. The first-order chi connectivity index (χ1) is 8.83. The standard InChI is InChI=1S/C15H19N3/c1-3-8-18-15(13-6-4-9-16-11-13)14-7-5-10-17-12(14)2/h4-7,9-11,15,18H,3,8H2,1-2H3. The number of rotatable bonds is 5. The Kier molecular flexibility index (Phi) is 4.42. The van der Waals surface area contributed by atoms with Gasteiger partial charge >= 0.3 is 0 Å². The summed E-state index contributed by atoms with van der Waals surface area (Å²) in [6.07, 6.45) is 6.66. The van der Waals surface area contributed by atoms with E-state index in [0.717, 1.165) is 18.7 Å². The van der Waals surface area contributed by atoms with E-state index in [2.05, 4.69) is 34.3 Å². The van der Waals surface area contributed by atoms with Crippen LogP contribution in [-0.2, 0) is 0 Å². The van der Waals surface area contributed by atoms with Crippen LogP contribution in [0.1, 0.15) is 36.2 Å². The van der Waals surface area contributed by atoms with Crippen molar-refractivity contribution in [1.29, 1.82) is 0 Å². The predicted molar refractivity (Wildman–Crippen MR) is 73.3 cm³/mol. The molecule has 3 heteroatoms. The number of aryl methyl sites for hydroxylation is 1. The summed E-state index contributed by atoms with van der Waals surface area (Å²) in [6.45, 7) is 5.20. The molecule has 2 heterocycles. The minimum atomic E-state index is 0.173. The van der Waals surface area contributed by atoms with E-state index >= 15 is 0 Å². The van der Waals surface area contributed by atoms with Gasteiger partial charge < -0.3 is 5.32 Å². The lowest BCUT2D eigenvalue weighted by atomic mass is 9.99. The molecular weight excluding hydrogens is 222 g/mol. The quantitative estimate of drug-likeness (QED) is 0.874. The fourth-order valence-corrected chi connectivity index (χ4v) is 2.04. The summed E-state index contributed by atoms with van der Waals surface area (Å²) in [6, 6.07) is 8.36.